The third kappa shape index (κ3) is 4.32. The van der Waals surface area contributed by atoms with Crippen LogP contribution in [0.15, 0.2) is 34.5 Å². The fourth-order valence-electron chi connectivity index (χ4n) is 3.09. The van der Waals surface area contributed by atoms with Gasteiger partial charge in [-0.25, -0.2) is 17.9 Å². The second kappa shape index (κ2) is 8.30. The highest BCUT2D eigenvalue weighted by atomic mass is 32.2. The van der Waals surface area contributed by atoms with E-state index in [-0.39, 0.29) is 9.77 Å². The van der Waals surface area contributed by atoms with Crippen LogP contribution < -0.4 is 10.0 Å². The first-order valence-electron chi connectivity index (χ1n) is 8.61. The summed E-state index contributed by atoms with van der Waals surface area (Å²) in [4.78, 5) is 12.4. The van der Waals surface area contributed by atoms with Crippen molar-refractivity contribution in [3.05, 3.63) is 51.9 Å². The van der Waals surface area contributed by atoms with E-state index in [1.807, 2.05) is 30.3 Å². The molecule has 1 aromatic heterocycles. The molecule has 0 unspecified atom stereocenters. The number of aryl methyl sites for hydroxylation is 1. The van der Waals surface area contributed by atoms with Gasteiger partial charge in [0.25, 0.3) is 10.0 Å². The van der Waals surface area contributed by atoms with E-state index in [4.69, 9.17) is 0 Å². The first-order chi connectivity index (χ1) is 12.5. The maximum Gasteiger partial charge on any atom is 0.338 e. The van der Waals surface area contributed by atoms with Crippen LogP contribution in [0.25, 0.3) is 0 Å². The predicted octanol–water partition coefficient (Wildman–Crippen LogP) is 2.39. The van der Waals surface area contributed by atoms with Crippen molar-refractivity contribution in [3.8, 4) is 0 Å². The molecule has 0 spiro atoms. The van der Waals surface area contributed by atoms with Crippen LogP contribution in [0.2, 0.25) is 0 Å². The number of unbranched alkanes of at least 4 members (excludes halogenated alkanes) is 1. The van der Waals surface area contributed by atoms with Crippen molar-refractivity contribution in [1.29, 1.82) is 0 Å². The third-order valence-corrected chi connectivity index (χ3v) is 7.59. The van der Waals surface area contributed by atoms with Gasteiger partial charge < -0.3 is 10.4 Å². The number of thiophene rings is 1. The Hall–Kier alpha value is -1.74. The molecule has 140 valence electrons. The summed E-state index contributed by atoms with van der Waals surface area (Å²) in [6.07, 6.45) is 2.99. The van der Waals surface area contributed by atoms with E-state index in [2.05, 4.69) is 10.0 Å². The second-order valence-electron chi connectivity index (χ2n) is 6.24. The lowest BCUT2D eigenvalue weighted by Gasteiger charge is -2.12. The van der Waals surface area contributed by atoms with E-state index in [0.29, 0.717) is 38.0 Å². The minimum atomic E-state index is -3.82. The van der Waals surface area contributed by atoms with E-state index >= 15 is 0 Å². The summed E-state index contributed by atoms with van der Waals surface area (Å²) >= 11 is 1.06. The maximum atomic E-state index is 12.6. The number of sulfonamides is 1. The Bertz CT molecular complexity index is 876. The molecule has 2 aromatic rings. The normalized spacial score (nSPS) is 14.2. The van der Waals surface area contributed by atoms with Crippen molar-refractivity contribution in [2.75, 3.05) is 13.1 Å². The molecule has 0 bridgehead atoms. The Kier molecular flexibility index (Phi) is 6.08. The van der Waals surface area contributed by atoms with Gasteiger partial charge in [-0.3, -0.25) is 0 Å². The summed E-state index contributed by atoms with van der Waals surface area (Å²) in [6.45, 7) is 1.48. The SMILES string of the molecule is O=C(O)c1c(S(=O)(=O)NCCCCc2ccccc2)sc2c1CCNC2. The predicted molar refractivity (Wildman–Crippen MR) is 101 cm³/mol. The van der Waals surface area contributed by atoms with Gasteiger partial charge in [-0.1, -0.05) is 30.3 Å². The Morgan fingerprint density at radius 2 is 2.00 bits per heavy atom. The minimum Gasteiger partial charge on any atom is -0.478 e. The van der Waals surface area contributed by atoms with E-state index in [1.165, 1.54) is 5.56 Å². The Labute approximate surface area is 157 Å². The molecule has 0 fully saturated rings. The van der Waals surface area contributed by atoms with E-state index in [9.17, 15) is 18.3 Å². The molecule has 1 aliphatic rings. The molecule has 2 heterocycles. The van der Waals surface area contributed by atoms with Gasteiger partial charge in [0.05, 0.1) is 5.56 Å². The molecule has 1 aromatic carbocycles. The molecule has 6 nitrogen and oxygen atoms in total. The zero-order valence-corrected chi connectivity index (χ0v) is 16.0. The number of aromatic carboxylic acids is 1. The molecular weight excluding hydrogens is 372 g/mol. The molecule has 0 radical (unpaired) electrons. The third-order valence-electron chi connectivity index (χ3n) is 4.38. The fraction of sp³-hybridized carbons (Fsp3) is 0.389. The van der Waals surface area contributed by atoms with E-state index in [1.54, 1.807) is 0 Å². The topological polar surface area (TPSA) is 95.5 Å². The maximum absolute atomic E-state index is 12.6. The highest BCUT2D eigenvalue weighted by Crippen LogP contribution is 2.34. The van der Waals surface area contributed by atoms with Gasteiger partial charge in [0.1, 0.15) is 4.21 Å². The Morgan fingerprint density at radius 1 is 1.23 bits per heavy atom. The summed E-state index contributed by atoms with van der Waals surface area (Å²) in [7, 11) is -3.82. The number of nitrogens with one attached hydrogen (secondary N) is 2. The van der Waals surface area contributed by atoms with Crippen molar-refractivity contribution < 1.29 is 18.3 Å². The lowest BCUT2D eigenvalue weighted by molar-refractivity contribution is 0.0692. The van der Waals surface area contributed by atoms with Crippen molar-refractivity contribution >= 4 is 27.3 Å². The lowest BCUT2D eigenvalue weighted by atomic mass is 10.1. The first kappa shape index (κ1) is 19.0. The van der Waals surface area contributed by atoms with Crippen molar-refractivity contribution in [1.82, 2.24) is 10.0 Å². The van der Waals surface area contributed by atoms with Crippen LogP contribution >= 0.6 is 11.3 Å². The Morgan fingerprint density at radius 3 is 2.73 bits per heavy atom. The van der Waals surface area contributed by atoms with Crippen molar-refractivity contribution in [2.24, 2.45) is 0 Å². The molecule has 3 rings (SSSR count). The summed E-state index contributed by atoms with van der Waals surface area (Å²) in [6, 6.07) is 10.0. The summed E-state index contributed by atoms with van der Waals surface area (Å²) in [5.74, 6) is -1.17. The van der Waals surface area contributed by atoms with Crippen LogP contribution in [-0.2, 0) is 29.4 Å². The fourth-order valence-corrected chi connectivity index (χ4v) is 6.06. The molecule has 3 N–H and O–H groups in total. The molecule has 0 aliphatic carbocycles. The van der Waals surface area contributed by atoms with E-state index in [0.717, 1.165) is 29.1 Å². The smallest absolute Gasteiger partial charge is 0.338 e. The number of carboxylic acids is 1. The van der Waals surface area contributed by atoms with Gasteiger partial charge in [0.15, 0.2) is 0 Å². The zero-order chi connectivity index (χ0) is 18.6. The van der Waals surface area contributed by atoms with Crippen LogP contribution in [0.3, 0.4) is 0 Å². The number of carbonyl (C=O) groups is 1. The average molecular weight is 395 g/mol. The number of fused-ring (bicyclic) bond motifs is 1. The summed E-state index contributed by atoms with van der Waals surface area (Å²) in [5, 5.41) is 12.7. The van der Waals surface area contributed by atoms with Gasteiger partial charge >= 0.3 is 5.97 Å². The number of hydrogen-bond donors (Lipinski definition) is 3. The van der Waals surface area contributed by atoms with Crippen LogP contribution in [-0.4, -0.2) is 32.6 Å². The molecule has 0 amide bonds. The molecule has 26 heavy (non-hydrogen) atoms. The van der Waals surface area contributed by atoms with E-state index < -0.39 is 16.0 Å². The standard InChI is InChI=1S/C18H22N2O4S2/c21-17(22)16-14-9-11-19-12-15(14)25-18(16)26(23,24)20-10-5-4-8-13-6-2-1-3-7-13/h1-3,6-7,19-20H,4-5,8-12H2,(H,21,22). The molecular formula is C18H22N2O4S2. The van der Waals surface area contributed by atoms with Gasteiger partial charge in [0.2, 0.25) is 0 Å². The lowest BCUT2D eigenvalue weighted by Crippen LogP contribution is -2.26. The molecule has 1 aliphatic heterocycles. The molecule has 0 saturated heterocycles. The van der Waals surface area contributed by atoms with Crippen LogP contribution in [0.1, 0.15) is 39.2 Å². The summed E-state index contributed by atoms with van der Waals surface area (Å²) < 4.78 is 27.7. The summed E-state index contributed by atoms with van der Waals surface area (Å²) in [5.41, 5.74) is 1.83. The Balaban J connectivity index is 1.63. The van der Waals surface area contributed by atoms with Crippen LogP contribution in [0, 0.1) is 0 Å². The van der Waals surface area contributed by atoms with Gasteiger partial charge in [-0.15, -0.1) is 11.3 Å². The second-order valence-corrected chi connectivity index (χ2v) is 9.31. The van der Waals surface area contributed by atoms with Gasteiger partial charge in [-0.05, 0) is 43.4 Å². The van der Waals surface area contributed by atoms with Crippen LogP contribution in [0.4, 0.5) is 0 Å². The molecule has 8 heteroatoms. The number of hydrogen-bond acceptors (Lipinski definition) is 5. The number of benzene rings is 1. The average Bonchev–Trinajstić information content (AvgIpc) is 3.03. The highest BCUT2D eigenvalue weighted by molar-refractivity contribution is 7.91. The molecule has 0 saturated carbocycles. The zero-order valence-electron chi connectivity index (χ0n) is 14.3. The first-order valence-corrected chi connectivity index (χ1v) is 10.9. The monoisotopic (exact) mass is 394 g/mol. The van der Waals surface area contributed by atoms with Gasteiger partial charge in [-0.2, -0.15) is 0 Å². The number of carboxylic acid groups (broad SMARTS) is 1. The molecule has 0 atom stereocenters. The van der Waals surface area contributed by atoms with Gasteiger partial charge in [0, 0.05) is 18.0 Å². The minimum absolute atomic E-state index is 0.0525. The van der Waals surface area contributed by atoms with Crippen molar-refractivity contribution in [2.45, 2.75) is 36.4 Å². The quantitative estimate of drug-likeness (QED) is 0.598. The van der Waals surface area contributed by atoms with Crippen LogP contribution in [0.5, 0.6) is 0 Å². The largest absolute Gasteiger partial charge is 0.478 e. The highest BCUT2D eigenvalue weighted by Gasteiger charge is 2.31. The van der Waals surface area contributed by atoms with Crippen molar-refractivity contribution in [3.63, 3.8) is 0 Å². The number of rotatable bonds is 8.